The number of ether oxygens (including phenoxy) is 3. The monoisotopic (exact) mass is 578 g/mol. The van der Waals surface area contributed by atoms with E-state index in [-0.39, 0.29) is 28.9 Å². The number of nitrogens with one attached hydrogen (secondary N) is 1. The van der Waals surface area contributed by atoms with Crippen LogP contribution in [0.3, 0.4) is 0 Å². The normalized spacial score (nSPS) is 12.4. The number of rotatable bonds is 13. The SMILES string of the molecule is CN[C@@H](CSCc1c(O[Si](C)(C)C(C)(C)C)cc(OC)cc1C(=O)OCc1ccc([N+](=O)[O-])cc1)C(=O)OC. The molecule has 2 aromatic rings. The average Bonchev–Trinajstić information content (AvgIpc) is 2.89. The van der Waals surface area contributed by atoms with Gasteiger partial charge < -0.3 is 24.0 Å². The minimum absolute atomic E-state index is 0.0450. The Hall–Kier alpha value is -3.09. The van der Waals surface area contributed by atoms with Gasteiger partial charge in [0.25, 0.3) is 5.69 Å². The van der Waals surface area contributed by atoms with Crippen LogP contribution in [0.25, 0.3) is 0 Å². The number of carbonyl (C=O) groups excluding carboxylic acids is 2. The van der Waals surface area contributed by atoms with E-state index in [4.69, 9.17) is 18.6 Å². The van der Waals surface area contributed by atoms with Gasteiger partial charge in [-0.05, 0) is 48.9 Å². The molecule has 0 aliphatic rings. The topological polar surface area (TPSA) is 126 Å². The van der Waals surface area contributed by atoms with Gasteiger partial charge in [0.2, 0.25) is 8.32 Å². The third-order valence-electron chi connectivity index (χ3n) is 6.69. The van der Waals surface area contributed by atoms with Crippen LogP contribution in [-0.2, 0) is 26.6 Å². The number of hydrogen-bond acceptors (Lipinski definition) is 10. The number of thioether (sulfide) groups is 1. The maximum absolute atomic E-state index is 13.4. The molecule has 0 fully saturated rings. The summed E-state index contributed by atoms with van der Waals surface area (Å²) in [5.74, 6) is 0.801. The fourth-order valence-electron chi connectivity index (χ4n) is 3.22. The highest BCUT2D eigenvalue weighted by atomic mass is 32.2. The summed E-state index contributed by atoms with van der Waals surface area (Å²) in [6.07, 6.45) is 0. The summed E-state index contributed by atoms with van der Waals surface area (Å²) < 4.78 is 22.6. The molecule has 0 bridgehead atoms. The second kappa shape index (κ2) is 13.8. The maximum Gasteiger partial charge on any atom is 0.339 e. The van der Waals surface area contributed by atoms with Gasteiger partial charge in [0, 0.05) is 35.3 Å². The Bertz CT molecular complexity index is 1170. The first-order valence-corrected chi connectivity index (χ1v) is 16.4. The molecule has 0 spiro atoms. The van der Waals surface area contributed by atoms with Crippen molar-refractivity contribution in [2.45, 2.75) is 57.3 Å². The zero-order chi connectivity index (χ0) is 29.4. The Morgan fingerprint density at radius 1 is 1.13 bits per heavy atom. The molecule has 0 radical (unpaired) electrons. The van der Waals surface area contributed by atoms with Gasteiger partial charge >= 0.3 is 11.9 Å². The predicted molar refractivity (Wildman–Crippen MR) is 154 cm³/mol. The van der Waals surface area contributed by atoms with E-state index in [1.54, 1.807) is 31.3 Å². The zero-order valence-corrected chi connectivity index (χ0v) is 25.6. The van der Waals surface area contributed by atoms with Crippen LogP contribution >= 0.6 is 11.8 Å². The van der Waals surface area contributed by atoms with E-state index in [0.717, 1.165) is 0 Å². The number of nitrogens with zero attached hydrogens (tertiary/aromatic N) is 1. The number of nitro benzene ring substituents is 1. The van der Waals surface area contributed by atoms with Crippen LogP contribution in [0, 0.1) is 10.1 Å². The molecule has 0 saturated carbocycles. The first-order valence-electron chi connectivity index (χ1n) is 12.4. The Labute approximate surface area is 235 Å². The van der Waals surface area contributed by atoms with Gasteiger partial charge in [-0.25, -0.2) is 4.79 Å². The quantitative estimate of drug-likeness (QED) is 0.144. The first-order chi connectivity index (χ1) is 18.2. The number of likely N-dealkylation sites (N-methyl/N-ethyl adjacent to an activating group) is 1. The Kier molecular flexibility index (Phi) is 11.4. The van der Waals surface area contributed by atoms with Crippen LogP contribution < -0.4 is 14.5 Å². The maximum atomic E-state index is 13.4. The third-order valence-corrected chi connectivity index (χ3v) is 12.1. The van der Waals surface area contributed by atoms with Crippen LogP contribution in [0.1, 0.15) is 42.3 Å². The van der Waals surface area contributed by atoms with Crippen molar-refractivity contribution in [1.82, 2.24) is 5.32 Å². The summed E-state index contributed by atoms with van der Waals surface area (Å²) in [5, 5.41) is 13.8. The Morgan fingerprint density at radius 2 is 1.77 bits per heavy atom. The molecule has 1 atom stereocenters. The fraction of sp³-hybridized carbons (Fsp3) is 0.481. The molecule has 1 N–H and O–H groups in total. The highest BCUT2D eigenvalue weighted by Gasteiger charge is 2.40. The van der Waals surface area contributed by atoms with Crippen molar-refractivity contribution in [3.8, 4) is 11.5 Å². The lowest BCUT2D eigenvalue weighted by atomic mass is 10.1. The minimum Gasteiger partial charge on any atom is -0.543 e. The molecule has 0 aliphatic carbocycles. The molecule has 0 aromatic heterocycles. The number of nitro groups is 1. The molecule has 214 valence electrons. The lowest BCUT2D eigenvalue weighted by molar-refractivity contribution is -0.384. The van der Waals surface area contributed by atoms with Gasteiger partial charge in [-0.2, -0.15) is 11.8 Å². The number of benzene rings is 2. The van der Waals surface area contributed by atoms with Crippen LogP contribution in [-0.4, -0.2) is 58.2 Å². The molecule has 0 aliphatic heterocycles. The molecule has 10 nitrogen and oxygen atoms in total. The van der Waals surface area contributed by atoms with Gasteiger partial charge in [-0.3, -0.25) is 14.9 Å². The largest absolute Gasteiger partial charge is 0.543 e. The van der Waals surface area contributed by atoms with E-state index in [0.29, 0.717) is 34.1 Å². The van der Waals surface area contributed by atoms with Crippen molar-refractivity contribution in [2.75, 3.05) is 27.0 Å². The van der Waals surface area contributed by atoms with E-state index in [2.05, 4.69) is 39.2 Å². The van der Waals surface area contributed by atoms with Gasteiger partial charge in [-0.15, -0.1) is 0 Å². The zero-order valence-electron chi connectivity index (χ0n) is 23.8. The van der Waals surface area contributed by atoms with Crippen molar-refractivity contribution in [2.24, 2.45) is 0 Å². The van der Waals surface area contributed by atoms with Crippen LogP contribution in [0.2, 0.25) is 18.1 Å². The van der Waals surface area contributed by atoms with Crippen molar-refractivity contribution >= 4 is 37.7 Å². The standard InChI is InChI=1S/C27H38N2O8SSi/c1-27(2,3)39(7,8)37-24-14-20(34-5)13-21(22(24)16-38-17-23(28-4)26(31)35-6)25(30)36-15-18-9-11-19(12-10-18)29(32)33/h9-14,23,28H,15-17H2,1-8H3/t23-/m0/s1. The summed E-state index contributed by atoms with van der Waals surface area (Å²) in [4.78, 5) is 35.9. The molecule has 39 heavy (non-hydrogen) atoms. The molecular formula is C27H38N2O8SSi. The van der Waals surface area contributed by atoms with E-state index in [9.17, 15) is 19.7 Å². The molecule has 0 heterocycles. The van der Waals surface area contributed by atoms with Gasteiger partial charge in [-0.1, -0.05) is 20.8 Å². The highest BCUT2D eigenvalue weighted by molar-refractivity contribution is 7.98. The number of hydrogen-bond donors (Lipinski definition) is 1. The molecule has 0 saturated heterocycles. The minimum atomic E-state index is -2.31. The number of methoxy groups -OCH3 is 2. The van der Waals surface area contributed by atoms with Crippen molar-refractivity contribution in [3.63, 3.8) is 0 Å². The molecule has 0 unspecified atom stereocenters. The van der Waals surface area contributed by atoms with Gasteiger partial charge in [0.1, 0.15) is 24.1 Å². The predicted octanol–water partition coefficient (Wildman–Crippen LogP) is 5.34. The summed E-state index contributed by atoms with van der Waals surface area (Å²) in [6.45, 7) is 10.5. The fourth-order valence-corrected chi connectivity index (χ4v) is 5.42. The Morgan fingerprint density at radius 3 is 2.28 bits per heavy atom. The van der Waals surface area contributed by atoms with Crippen molar-refractivity contribution in [3.05, 3.63) is 63.2 Å². The summed E-state index contributed by atoms with van der Waals surface area (Å²) in [7, 11) is 2.23. The highest BCUT2D eigenvalue weighted by Crippen LogP contribution is 2.41. The number of non-ortho nitro benzene ring substituents is 1. The molecule has 2 rings (SSSR count). The van der Waals surface area contributed by atoms with E-state index < -0.39 is 25.3 Å². The molecule has 0 amide bonds. The molecule has 12 heteroatoms. The van der Waals surface area contributed by atoms with E-state index >= 15 is 0 Å². The second-order valence-electron chi connectivity index (χ2n) is 10.4. The van der Waals surface area contributed by atoms with E-state index in [1.165, 1.54) is 38.1 Å². The third kappa shape index (κ3) is 8.70. The van der Waals surface area contributed by atoms with Crippen LogP contribution in [0.5, 0.6) is 11.5 Å². The second-order valence-corrected chi connectivity index (χ2v) is 16.1. The van der Waals surface area contributed by atoms with E-state index in [1.807, 2.05) is 0 Å². The number of esters is 2. The smallest absolute Gasteiger partial charge is 0.339 e. The van der Waals surface area contributed by atoms with Crippen LogP contribution in [0.15, 0.2) is 36.4 Å². The Balaban J connectivity index is 2.42. The summed E-state index contributed by atoms with van der Waals surface area (Å²) in [6, 6.07) is 8.69. The average molecular weight is 579 g/mol. The lowest BCUT2D eigenvalue weighted by Crippen LogP contribution is -2.44. The first kappa shape index (κ1) is 32.1. The van der Waals surface area contributed by atoms with Crippen molar-refractivity contribution < 1.29 is 33.1 Å². The summed E-state index contributed by atoms with van der Waals surface area (Å²) >= 11 is 1.45. The molecule has 2 aromatic carbocycles. The van der Waals surface area contributed by atoms with Gasteiger partial charge in [0.15, 0.2) is 0 Å². The van der Waals surface area contributed by atoms with Crippen LogP contribution in [0.4, 0.5) is 5.69 Å². The van der Waals surface area contributed by atoms with Gasteiger partial charge in [0.05, 0.1) is 24.7 Å². The number of carbonyl (C=O) groups is 2. The molecular weight excluding hydrogens is 540 g/mol. The lowest BCUT2D eigenvalue weighted by Gasteiger charge is -2.37. The summed E-state index contributed by atoms with van der Waals surface area (Å²) in [5.41, 5.74) is 1.49. The van der Waals surface area contributed by atoms with Crippen molar-refractivity contribution in [1.29, 1.82) is 0 Å².